The normalized spacial score (nSPS) is 20.4. The first-order chi connectivity index (χ1) is 5.64. The van der Waals surface area contributed by atoms with E-state index >= 15 is 0 Å². The first-order valence-electron chi connectivity index (χ1n) is 4.42. The van der Waals surface area contributed by atoms with E-state index in [2.05, 4.69) is 44.2 Å². The van der Waals surface area contributed by atoms with E-state index in [0.29, 0.717) is 0 Å². The molecule has 1 aliphatic rings. The van der Waals surface area contributed by atoms with Gasteiger partial charge in [-0.05, 0) is 18.5 Å². The lowest BCUT2D eigenvalue weighted by molar-refractivity contribution is 0.626. The molecule has 0 amide bonds. The molecule has 0 fully saturated rings. The fraction of sp³-hybridized carbons (Fsp3) is 0.455. The highest BCUT2D eigenvalue weighted by atomic mass is 14.5. The first kappa shape index (κ1) is 9.27. The molecule has 0 aromatic carbocycles. The molecule has 12 heavy (non-hydrogen) atoms. The van der Waals surface area contributed by atoms with Gasteiger partial charge in [-0.15, -0.1) is 0 Å². The van der Waals surface area contributed by atoms with Gasteiger partial charge in [-0.3, -0.25) is 0 Å². The average Bonchev–Trinajstić information content (AvgIpc) is 2.14. The molecular weight excluding hydrogens is 146 g/mol. The summed E-state index contributed by atoms with van der Waals surface area (Å²) in [6, 6.07) is 0. The van der Waals surface area contributed by atoms with Gasteiger partial charge in [0.2, 0.25) is 0 Å². The van der Waals surface area contributed by atoms with Crippen LogP contribution < -0.4 is 5.73 Å². The van der Waals surface area contributed by atoms with Crippen LogP contribution in [0.25, 0.3) is 0 Å². The van der Waals surface area contributed by atoms with Gasteiger partial charge in [-0.2, -0.15) is 0 Å². The molecule has 0 aliphatic heterocycles. The monoisotopic (exact) mass is 163 g/mol. The van der Waals surface area contributed by atoms with Crippen molar-refractivity contribution in [1.82, 2.24) is 0 Å². The summed E-state index contributed by atoms with van der Waals surface area (Å²) in [4.78, 5) is 0. The van der Waals surface area contributed by atoms with Crippen molar-refractivity contribution >= 4 is 0 Å². The van der Waals surface area contributed by atoms with Crippen molar-refractivity contribution < 1.29 is 0 Å². The molecule has 1 rings (SSSR count). The predicted molar refractivity (Wildman–Crippen MR) is 53.8 cm³/mol. The highest BCUT2D eigenvalue weighted by Gasteiger charge is 2.09. The summed E-state index contributed by atoms with van der Waals surface area (Å²) in [6.07, 6.45) is 11.8. The van der Waals surface area contributed by atoms with E-state index in [1.165, 1.54) is 5.57 Å². The lowest BCUT2D eigenvalue weighted by Crippen LogP contribution is -2.01. The third kappa shape index (κ3) is 2.67. The number of nitrogens with two attached hydrogens (primary N) is 1. The molecule has 0 saturated heterocycles. The van der Waals surface area contributed by atoms with Crippen molar-refractivity contribution in [3.05, 3.63) is 36.0 Å². The van der Waals surface area contributed by atoms with Crippen LogP contribution in [0, 0.1) is 5.41 Å². The largest absolute Gasteiger partial charge is 0.330 e. The van der Waals surface area contributed by atoms with Crippen molar-refractivity contribution in [2.45, 2.75) is 20.3 Å². The maximum absolute atomic E-state index is 5.48. The lowest BCUT2D eigenvalue weighted by atomic mass is 9.93. The Bertz CT molecular complexity index is 231. The molecule has 0 atom stereocenters. The van der Waals surface area contributed by atoms with Crippen molar-refractivity contribution in [2.75, 3.05) is 6.54 Å². The van der Waals surface area contributed by atoms with E-state index < -0.39 is 0 Å². The molecule has 0 heterocycles. The second-order valence-electron chi connectivity index (χ2n) is 3.79. The third-order valence-electron chi connectivity index (χ3n) is 2.00. The number of hydrogen-bond acceptors (Lipinski definition) is 1. The Balaban J connectivity index is 2.72. The Morgan fingerprint density at radius 3 is 2.75 bits per heavy atom. The summed E-state index contributed by atoms with van der Waals surface area (Å²) >= 11 is 0. The second-order valence-corrected chi connectivity index (χ2v) is 3.79. The maximum Gasteiger partial charge on any atom is 0.00107 e. The molecule has 0 bridgehead atoms. The Hall–Kier alpha value is -0.820. The van der Waals surface area contributed by atoms with Crippen LogP contribution in [0.2, 0.25) is 0 Å². The van der Waals surface area contributed by atoms with Crippen molar-refractivity contribution in [3.63, 3.8) is 0 Å². The average molecular weight is 163 g/mol. The number of rotatable bonds is 2. The molecule has 0 aromatic rings. The van der Waals surface area contributed by atoms with Crippen LogP contribution in [-0.4, -0.2) is 6.54 Å². The van der Waals surface area contributed by atoms with Gasteiger partial charge in [0.15, 0.2) is 0 Å². The van der Waals surface area contributed by atoms with Gasteiger partial charge < -0.3 is 5.73 Å². The third-order valence-corrected chi connectivity index (χ3v) is 2.00. The minimum absolute atomic E-state index is 0.187. The highest BCUT2D eigenvalue weighted by Crippen LogP contribution is 2.23. The molecule has 0 unspecified atom stereocenters. The summed E-state index contributed by atoms with van der Waals surface area (Å²) in [6.45, 7) is 5.11. The van der Waals surface area contributed by atoms with Crippen LogP contribution in [0.1, 0.15) is 20.3 Å². The van der Waals surface area contributed by atoms with Gasteiger partial charge in [-0.1, -0.05) is 44.2 Å². The Morgan fingerprint density at radius 2 is 2.08 bits per heavy atom. The van der Waals surface area contributed by atoms with E-state index in [1.54, 1.807) is 0 Å². The Kier molecular flexibility index (Phi) is 2.88. The quantitative estimate of drug-likeness (QED) is 0.664. The van der Waals surface area contributed by atoms with Crippen molar-refractivity contribution in [2.24, 2.45) is 11.1 Å². The molecule has 1 nitrogen and oxygen atoms in total. The zero-order valence-electron chi connectivity index (χ0n) is 7.88. The molecule has 1 heteroatoms. The summed E-state index contributed by atoms with van der Waals surface area (Å²) in [5.41, 5.74) is 6.99. The predicted octanol–water partition coefficient (Wildman–Crippen LogP) is 2.41. The van der Waals surface area contributed by atoms with Crippen molar-refractivity contribution in [1.29, 1.82) is 0 Å². The Labute approximate surface area is 74.7 Å². The zero-order chi connectivity index (χ0) is 9.03. The number of hydrogen-bond donors (Lipinski definition) is 1. The second kappa shape index (κ2) is 3.72. The van der Waals surface area contributed by atoms with E-state index in [0.717, 1.165) is 13.0 Å². The summed E-state index contributed by atoms with van der Waals surface area (Å²) in [5.74, 6) is 0. The van der Waals surface area contributed by atoms with Gasteiger partial charge in [0.1, 0.15) is 0 Å². The van der Waals surface area contributed by atoms with E-state index in [9.17, 15) is 0 Å². The van der Waals surface area contributed by atoms with Crippen LogP contribution in [0.5, 0.6) is 0 Å². The molecule has 0 saturated carbocycles. The topological polar surface area (TPSA) is 26.0 Å². The minimum Gasteiger partial charge on any atom is -0.330 e. The van der Waals surface area contributed by atoms with Gasteiger partial charge in [0.25, 0.3) is 0 Å². The molecule has 1 aliphatic carbocycles. The van der Waals surface area contributed by atoms with Gasteiger partial charge in [0.05, 0.1) is 0 Å². The molecule has 0 spiro atoms. The fourth-order valence-corrected chi connectivity index (χ4v) is 1.19. The van der Waals surface area contributed by atoms with E-state index in [4.69, 9.17) is 5.73 Å². The molecular formula is C11H17N. The number of allylic oxidation sites excluding steroid dienone is 5. The van der Waals surface area contributed by atoms with Crippen LogP contribution >= 0.6 is 0 Å². The minimum atomic E-state index is 0.187. The molecule has 0 aromatic heterocycles. The van der Waals surface area contributed by atoms with Gasteiger partial charge >= 0.3 is 0 Å². The summed E-state index contributed by atoms with van der Waals surface area (Å²) in [7, 11) is 0. The van der Waals surface area contributed by atoms with Crippen molar-refractivity contribution in [3.8, 4) is 0 Å². The standard InChI is InChI=1S/C11H17N/c1-11(2)7-3-4-10(5-8-11)6-9-12/h3-5,7-8H,6,9,12H2,1-2H3. The van der Waals surface area contributed by atoms with E-state index in [-0.39, 0.29) is 5.41 Å². The van der Waals surface area contributed by atoms with Crippen LogP contribution in [0.4, 0.5) is 0 Å². The zero-order valence-corrected chi connectivity index (χ0v) is 7.88. The van der Waals surface area contributed by atoms with Gasteiger partial charge in [0, 0.05) is 5.41 Å². The van der Waals surface area contributed by atoms with Crippen LogP contribution in [-0.2, 0) is 0 Å². The molecule has 2 N–H and O–H groups in total. The van der Waals surface area contributed by atoms with Crippen LogP contribution in [0.15, 0.2) is 36.0 Å². The molecule has 66 valence electrons. The van der Waals surface area contributed by atoms with E-state index in [1.807, 2.05) is 0 Å². The summed E-state index contributed by atoms with van der Waals surface area (Å²) < 4.78 is 0. The van der Waals surface area contributed by atoms with Crippen LogP contribution in [0.3, 0.4) is 0 Å². The highest BCUT2D eigenvalue weighted by molar-refractivity contribution is 5.30. The fourth-order valence-electron chi connectivity index (χ4n) is 1.19. The smallest absolute Gasteiger partial charge is 0.00107 e. The molecule has 0 radical (unpaired) electrons. The van der Waals surface area contributed by atoms with Gasteiger partial charge in [-0.25, -0.2) is 0 Å². The summed E-state index contributed by atoms with van der Waals surface area (Å²) in [5, 5.41) is 0. The maximum atomic E-state index is 5.48. The lowest BCUT2D eigenvalue weighted by Gasteiger charge is -2.12. The SMILES string of the molecule is CC1(C)C=CC=C(CCN)C=C1. The Morgan fingerprint density at radius 1 is 1.33 bits per heavy atom. The first-order valence-corrected chi connectivity index (χ1v) is 4.42.